The normalized spacial score (nSPS) is 24.8. The molecule has 0 saturated carbocycles. The van der Waals surface area contributed by atoms with Crippen LogP contribution in [0.5, 0.6) is 0 Å². The maximum atomic E-state index is 12.9. The number of carbonyl (C=O) groups is 3. The molecule has 0 aliphatic carbocycles. The number of carbonyl (C=O) groups excluding carboxylic acids is 2. The van der Waals surface area contributed by atoms with Gasteiger partial charge >= 0.3 is 41.7 Å². The number of fused-ring (bicyclic) bond motifs is 1. The number of nitrogens with two attached hydrogens (primary N) is 1. The van der Waals surface area contributed by atoms with Gasteiger partial charge in [0.1, 0.15) is 11.2 Å². The number of carboxylic acids is 1. The average Bonchev–Trinajstić information content (AvgIpc) is 3.40. The minimum atomic E-state index is -4.69. The number of β-lactam (4-membered cyclic amide) rings is 1. The van der Waals surface area contributed by atoms with Crippen molar-refractivity contribution in [1.29, 1.82) is 0 Å². The molecule has 0 spiro atoms. The summed E-state index contributed by atoms with van der Waals surface area (Å²) in [5.74, 6) is -2.76. The summed E-state index contributed by atoms with van der Waals surface area (Å²) in [4.78, 5) is 46.1. The Bertz CT molecular complexity index is 1250. The van der Waals surface area contributed by atoms with Gasteiger partial charge in [-0.2, -0.15) is 13.2 Å². The third kappa shape index (κ3) is 5.26. The summed E-state index contributed by atoms with van der Waals surface area (Å²) in [5.41, 5.74) is 3.58. The Labute approximate surface area is 234 Å². The number of thioether (sulfide) groups is 1. The number of carboxylic acid groups (broad SMARTS) is 1. The van der Waals surface area contributed by atoms with Crippen LogP contribution < -0.4 is 11.1 Å². The van der Waals surface area contributed by atoms with Crippen LogP contribution in [0.1, 0.15) is 22.0 Å². The molecule has 2 amide bonds. The van der Waals surface area contributed by atoms with Gasteiger partial charge in [-0.1, -0.05) is 23.0 Å². The van der Waals surface area contributed by atoms with Gasteiger partial charge in [-0.25, -0.2) is 9.97 Å². The van der Waals surface area contributed by atoms with Crippen LogP contribution in [0.4, 0.5) is 18.3 Å². The van der Waals surface area contributed by atoms with E-state index in [1.54, 1.807) is 0 Å². The number of thiazole rings is 2. The minimum absolute atomic E-state index is 0. The zero-order valence-corrected chi connectivity index (χ0v) is 19.7. The molecule has 3 atom stereocenters. The third-order valence-electron chi connectivity index (χ3n) is 5.19. The molecule has 0 aromatic carbocycles. The van der Waals surface area contributed by atoms with Crippen LogP contribution in [-0.2, 0) is 27.0 Å². The fraction of sp³-hybridized carbons (Fsp3) is 0.333. The van der Waals surface area contributed by atoms with E-state index in [1.165, 1.54) is 5.38 Å². The SMILES string of the molecule is Nc1nc(CC(=O)NC2N3C(=O)C[C@H]3SC(=NO)C2(C=Cc2cnc(C(F)(F)F)s2)C(=O)O)cs1.[NaH]. The number of oxime groups is 1. The number of nitrogens with zero attached hydrogens (tertiary/aromatic N) is 4. The number of halogens is 3. The molecule has 2 saturated heterocycles. The molecular weight excluding hydrogens is 556 g/mol. The Hall–Kier alpha value is -2.18. The van der Waals surface area contributed by atoms with Gasteiger partial charge in [0.25, 0.3) is 0 Å². The van der Waals surface area contributed by atoms with E-state index in [1.807, 2.05) is 0 Å². The quantitative estimate of drug-likeness (QED) is 0.173. The zero-order valence-electron chi connectivity index (χ0n) is 17.2. The Kier molecular flexibility index (Phi) is 8.41. The summed E-state index contributed by atoms with van der Waals surface area (Å²) in [5, 5.41) is 25.1. The van der Waals surface area contributed by atoms with Crippen LogP contribution >= 0.6 is 34.4 Å². The molecule has 4 heterocycles. The van der Waals surface area contributed by atoms with Gasteiger partial charge in [0.15, 0.2) is 15.6 Å². The summed E-state index contributed by atoms with van der Waals surface area (Å²) in [6, 6.07) is 0. The number of nitrogen functional groups attached to an aromatic ring is 1. The van der Waals surface area contributed by atoms with Crippen molar-refractivity contribution in [2.75, 3.05) is 5.73 Å². The van der Waals surface area contributed by atoms with Gasteiger partial charge < -0.3 is 26.3 Å². The Morgan fingerprint density at radius 3 is 2.67 bits per heavy atom. The molecule has 0 bridgehead atoms. The first-order valence-corrected chi connectivity index (χ1v) is 12.2. The van der Waals surface area contributed by atoms with E-state index in [9.17, 15) is 37.9 Å². The second-order valence-electron chi connectivity index (χ2n) is 7.38. The topological polar surface area (TPSA) is 171 Å². The summed E-state index contributed by atoms with van der Waals surface area (Å²) in [7, 11) is 0. The number of aromatic nitrogens is 2. The number of rotatable bonds is 6. The molecule has 2 aromatic rings. The Morgan fingerprint density at radius 2 is 2.14 bits per heavy atom. The molecule has 18 heteroatoms. The monoisotopic (exact) mass is 572 g/mol. The first-order chi connectivity index (χ1) is 16.5. The zero-order chi connectivity index (χ0) is 25.5. The average molecular weight is 573 g/mol. The molecular formula is C18H16F3N6NaO5S3. The summed E-state index contributed by atoms with van der Waals surface area (Å²) < 4.78 is 38.8. The van der Waals surface area contributed by atoms with E-state index in [4.69, 9.17) is 5.73 Å². The van der Waals surface area contributed by atoms with Gasteiger partial charge in [-0.3, -0.25) is 14.4 Å². The van der Waals surface area contributed by atoms with E-state index in [0.29, 0.717) is 5.69 Å². The standard InChI is InChI=1S/C18H15F3N6O5S3.Na.H/c19-18(20,21)14-23-5-8(34-14)1-2-17(15(30)31)12(25-9(28)3-7-6-33-16(22)24-7)27-10(29)4-11(27)35-13(17)26-32;;/h1-2,5-6,11-12,32H,3-4H2,(H2,22,24)(H,25,28)(H,30,31);;/t11-,12?,17?;;/m1../s1. The van der Waals surface area contributed by atoms with Crippen molar-refractivity contribution in [3.8, 4) is 0 Å². The van der Waals surface area contributed by atoms with Crippen molar-refractivity contribution in [3.05, 3.63) is 33.2 Å². The molecule has 11 nitrogen and oxygen atoms in total. The molecule has 2 fully saturated rings. The van der Waals surface area contributed by atoms with Gasteiger partial charge in [0.05, 0.1) is 23.9 Å². The van der Waals surface area contributed by atoms with Crippen LogP contribution in [0.15, 0.2) is 22.8 Å². The van der Waals surface area contributed by atoms with Crippen molar-refractivity contribution in [1.82, 2.24) is 20.2 Å². The molecule has 36 heavy (non-hydrogen) atoms. The fourth-order valence-electron chi connectivity index (χ4n) is 3.58. The fourth-order valence-corrected chi connectivity index (χ4v) is 6.18. The first-order valence-electron chi connectivity index (χ1n) is 9.61. The molecule has 2 aliphatic heterocycles. The Morgan fingerprint density at radius 1 is 1.42 bits per heavy atom. The molecule has 5 N–H and O–H groups in total. The molecule has 188 valence electrons. The van der Waals surface area contributed by atoms with E-state index in [-0.39, 0.29) is 68.8 Å². The second kappa shape index (κ2) is 10.7. The van der Waals surface area contributed by atoms with Crippen LogP contribution in [-0.4, -0.2) is 89.1 Å². The van der Waals surface area contributed by atoms with Crippen LogP contribution in [0.2, 0.25) is 0 Å². The van der Waals surface area contributed by atoms with Crippen LogP contribution in [0.3, 0.4) is 0 Å². The first kappa shape index (κ1) is 28.4. The van der Waals surface area contributed by atoms with E-state index in [0.717, 1.165) is 46.3 Å². The van der Waals surface area contributed by atoms with Crippen LogP contribution in [0.25, 0.3) is 6.08 Å². The van der Waals surface area contributed by atoms with E-state index >= 15 is 0 Å². The van der Waals surface area contributed by atoms with Gasteiger partial charge in [-0.15, -0.1) is 22.7 Å². The van der Waals surface area contributed by atoms with Gasteiger partial charge in [-0.05, 0) is 6.08 Å². The number of amides is 2. The summed E-state index contributed by atoms with van der Waals surface area (Å²) in [6.45, 7) is 0. The third-order valence-corrected chi connectivity index (χ3v) is 8.23. The van der Waals surface area contributed by atoms with Crippen LogP contribution in [0, 0.1) is 5.41 Å². The second-order valence-corrected chi connectivity index (χ2v) is 10.5. The van der Waals surface area contributed by atoms with E-state index in [2.05, 4.69) is 20.4 Å². The molecule has 2 aromatic heterocycles. The van der Waals surface area contributed by atoms with Crippen molar-refractivity contribution in [2.45, 2.75) is 30.6 Å². The number of aliphatic carboxylic acids is 1. The summed E-state index contributed by atoms with van der Waals surface area (Å²) >= 11 is 2.18. The van der Waals surface area contributed by atoms with Gasteiger partial charge in [0, 0.05) is 16.5 Å². The predicted octanol–water partition coefficient (Wildman–Crippen LogP) is 1.41. The van der Waals surface area contributed by atoms with Gasteiger partial charge in [0.2, 0.25) is 11.8 Å². The van der Waals surface area contributed by atoms with Crippen molar-refractivity contribution in [3.63, 3.8) is 0 Å². The molecule has 4 rings (SSSR count). The van der Waals surface area contributed by atoms with Crippen molar-refractivity contribution < 1.29 is 37.9 Å². The maximum absolute atomic E-state index is 12.9. The number of nitrogens with one attached hydrogen (secondary N) is 1. The number of alkyl halides is 3. The molecule has 0 radical (unpaired) electrons. The summed E-state index contributed by atoms with van der Waals surface area (Å²) in [6.07, 6.45) is -3.53. The number of hydrogen-bond donors (Lipinski definition) is 4. The van der Waals surface area contributed by atoms with Crippen molar-refractivity contribution in [2.24, 2.45) is 10.6 Å². The number of hydrogen-bond acceptors (Lipinski definition) is 11. The number of anilines is 1. The molecule has 2 aliphatic rings. The van der Waals surface area contributed by atoms with Crippen molar-refractivity contribution >= 4 is 98.0 Å². The predicted molar refractivity (Wildman–Crippen MR) is 128 cm³/mol. The molecule has 2 unspecified atom stereocenters. The van der Waals surface area contributed by atoms with E-state index < -0.39 is 45.9 Å². The Balaban J connectivity index is 0.00000361.